The van der Waals surface area contributed by atoms with E-state index in [0.29, 0.717) is 0 Å². The Morgan fingerprint density at radius 3 is 2.28 bits per heavy atom. The molecule has 2 nitrogen and oxygen atoms in total. The summed E-state index contributed by atoms with van der Waals surface area (Å²) in [7, 11) is 0. The Labute approximate surface area is 115 Å². The normalized spacial score (nSPS) is 9.83. The summed E-state index contributed by atoms with van der Waals surface area (Å²) in [6, 6.07) is 14.7. The highest BCUT2D eigenvalue weighted by Gasteiger charge is 1.95. The van der Waals surface area contributed by atoms with Gasteiger partial charge in [0.1, 0.15) is 0 Å². The van der Waals surface area contributed by atoms with E-state index in [9.17, 15) is 0 Å². The third-order valence-corrected chi connectivity index (χ3v) is 2.79. The SMILES string of the molecule is CCc1ccc(CNCc2ccccn2)cc1.Cl. The summed E-state index contributed by atoms with van der Waals surface area (Å²) in [5.74, 6) is 0. The molecule has 0 saturated carbocycles. The molecule has 0 aliphatic carbocycles. The van der Waals surface area contributed by atoms with Crippen molar-refractivity contribution in [1.82, 2.24) is 10.3 Å². The molecular weight excluding hydrogens is 244 g/mol. The molecule has 0 aliphatic heterocycles. The molecule has 1 aromatic heterocycles. The lowest BCUT2D eigenvalue weighted by atomic mass is 10.1. The van der Waals surface area contributed by atoms with E-state index in [-0.39, 0.29) is 12.4 Å². The lowest BCUT2D eigenvalue weighted by Gasteiger charge is -2.05. The fraction of sp³-hybridized carbons (Fsp3) is 0.267. The van der Waals surface area contributed by atoms with Crippen molar-refractivity contribution < 1.29 is 0 Å². The number of rotatable bonds is 5. The molecule has 2 rings (SSSR count). The molecule has 1 N–H and O–H groups in total. The summed E-state index contributed by atoms with van der Waals surface area (Å²) < 4.78 is 0. The molecule has 0 aliphatic rings. The summed E-state index contributed by atoms with van der Waals surface area (Å²) in [4.78, 5) is 4.27. The Bertz CT molecular complexity index is 440. The quantitative estimate of drug-likeness (QED) is 0.894. The van der Waals surface area contributed by atoms with Crippen LogP contribution in [0.2, 0.25) is 0 Å². The maximum atomic E-state index is 4.27. The molecule has 0 atom stereocenters. The van der Waals surface area contributed by atoms with E-state index < -0.39 is 0 Å². The lowest BCUT2D eigenvalue weighted by Crippen LogP contribution is -2.13. The summed E-state index contributed by atoms with van der Waals surface area (Å²) in [6.07, 6.45) is 2.93. The smallest absolute Gasteiger partial charge is 0.0541 e. The predicted molar refractivity (Wildman–Crippen MR) is 77.8 cm³/mol. The third-order valence-electron chi connectivity index (χ3n) is 2.79. The van der Waals surface area contributed by atoms with Gasteiger partial charge < -0.3 is 5.32 Å². The van der Waals surface area contributed by atoms with Gasteiger partial charge in [-0.3, -0.25) is 4.98 Å². The van der Waals surface area contributed by atoms with E-state index in [1.54, 1.807) is 0 Å². The Hall–Kier alpha value is -1.38. The maximum Gasteiger partial charge on any atom is 0.0541 e. The van der Waals surface area contributed by atoms with Gasteiger partial charge >= 0.3 is 0 Å². The number of aryl methyl sites for hydroxylation is 1. The van der Waals surface area contributed by atoms with Gasteiger partial charge in [0.2, 0.25) is 0 Å². The van der Waals surface area contributed by atoms with Crippen LogP contribution in [0.5, 0.6) is 0 Å². The molecule has 0 saturated heterocycles. The number of nitrogens with one attached hydrogen (secondary N) is 1. The second-order valence-electron chi connectivity index (χ2n) is 4.09. The van der Waals surface area contributed by atoms with Crippen LogP contribution in [0.15, 0.2) is 48.7 Å². The lowest BCUT2D eigenvalue weighted by molar-refractivity contribution is 0.679. The molecule has 0 spiro atoms. The topological polar surface area (TPSA) is 24.9 Å². The molecule has 0 unspecified atom stereocenters. The van der Waals surface area contributed by atoms with Crippen LogP contribution >= 0.6 is 12.4 Å². The molecule has 0 bridgehead atoms. The van der Waals surface area contributed by atoms with E-state index in [0.717, 1.165) is 25.2 Å². The number of hydrogen-bond donors (Lipinski definition) is 1. The predicted octanol–water partition coefficient (Wildman–Crippen LogP) is 3.36. The van der Waals surface area contributed by atoms with E-state index >= 15 is 0 Å². The number of halogens is 1. The van der Waals surface area contributed by atoms with Gasteiger partial charge in [-0.15, -0.1) is 12.4 Å². The van der Waals surface area contributed by atoms with Crippen molar-refractivity contribution in [1.29, 1.82) is 0 Å². The molecule has 1 aromatic carbocycles. The number of nitrogens with zero attached hydrogens (tertiary/aromatic N) is 1. The van der Waals surface area contributed by atoms with Crippen LogP contribution in [0.3, 0.4) is 0 Å². The van der Waals surface area contributed by atoms with Crippen molar-refractivity contribution in [2.75, 3.05) is 0 Å². The van der Waals surface area contributed by atoms with E-state index in [4.69, 9.17) is 0 Å². The fourth-order valence-electron chi connectivity index (χ4n) is 1.73. The van der Waals surface area contributed by atoms with Gasteiger partial charge in [0, 0.05) is 19.3 Å². The summed E-state index contributed by atoms with van der Waals surface area (Å²) in [5.41, 5.74) is 3.79. The summed E-state index contributed by atoms with van der Waals surface area (Å²) >= 11 is 0. The van der Waals surface area contributed by atoms with Crippen molar-refractivity contribution in [3.8, 4) is 0 Å². The first-order valence-corrected chi connectivity index (χ1v) is 6.07. The van der Waals surface area contributed by atoms with Gasteiger partial charge in [0.15, 0.2) is 0 Å². The molecule has 3 heteroatoms. The highest BCUT2D eigenvalue weighted by Crippen LogP contribution is 2.05. The van der Waals surface area contributed by atoms with E-state index in [1.165, 1.54) is 11.1 Å². The summed E-state index contributed by atoms with van der Waals surface area (Å²) in [5, 5.41) is 3.39. The highest BCUT2D eigenvalue weighted by molar-refractivity contribution is 5.85. The Morgan fingerprint density at radius 1 is 0.944 bits per heavy atom. The average Bonchev–Trinajstić information content (AvgIpc) is 2.41. The Balaban J connectivity index is 0.00000162. The van der Waals surface area contributed by atoms with Crippen LogP contribution in [-0.4, -0.2) is 4.98 Å². The van der Waals surface area contributed by atoms with Crippen LogP contribution < -0.4 is 5.32 Å². The molecular formula is C15H19ClN2. The molecule has 1 heterocycles. The molecule has 0 radical (unpaired) electrons. The first-order chi connectivity index (χ1) is 8.38. The molecule has 0 amide bonds. The van der Waals surface area contributed by atoms with Gasteiger partial charge in [-0.25, -0.2) is 0 Å². The van der Waals surface area contributed by atoms with Crippen LogP contribution in [0.25, 0.3) is 0 Å². The van der Waals surface area contributed by atoms with Crippen molar-refractivity contribution in [2.45, 2.75) is 26.4 Å². The van der Waals surface area contributed by atoms with Crippen LogP contribution in [0.1, 0.15) is 23.7 Å². The van der Waals surface area contributed by atoms with Gasteiger partial charge in [-0.2, -0.15) is 0 Å². The molecule has 18 heavy (non-hydrogen) atoms. The van der Waals surface area contributed by atoms with Crippen LogP contribution in [0.4, 0.5) is 0 Å². The minimum atomic E-state index is 0. The zero-order valence-corrected chi connectivity index (χ0v) is 11.4. The monoisotopic (exact) mass is 262 g/mol. The van der Waals surface area contributed by atoms with Gasteiger partial charge in [0.25, 0.3) is 0 Å². The molecule has 0 fully saturated rings. The third kappa shape index (κ3) is 4.47. The zero-order chi connectivity index (χ0) is 11.9. The Morgan fingerprint density at radius 2 is 1.67 bits per heavy atom. The standard InChI is InChI=1S/C15H18N2.ClH/c1-2-13-6-8-14(9-7-13)11-16-12-15-5-3-4-10-17-15;/h3-10,16H,2,11-12H2,1H3;1H. The molecule has 96 valence electrons. The number of pyridine rings is 1. The minimum absolute atomic E-state index is 0. The van der Waals surface area contributed by atoms with Crippen molar-refractivity contribution in [2.24, 2.45) is 0 Å². The first-order valence-electron chi connectivity index (χ1n) is 6.07. The van der Waals surface area contributed by atoms with Crippen LogP contribution in [0, 0.1) is 0 Å². The second-order valence-corrected chi connectivity index (χ2v) is 4.09. The highest BCUT2D eigenvalue weighted by atomic mass is 35.5. The van der Waals surface area contributed by atoms with Crippen molar-refractivity contribution >= 4 is 12.4 Å². The fourth-order valence-corrected chi connectivity index (χ4v) is 1.73. The second kappa shape index (κ2) is 7.85. The van der Waals surface area contributed by atoms with Gasteiger partial charge in [-0.05, 0) is 29.7 Å². The number of benzene rings is 1. The summed E-state index contributed by atoms with van der Waals surface area (Å²) in [6.45, 7) is 3.88. The maximum absolute atomic E-state index is 4.27. The minimum Gasteiger partial charge on any atom is -0.307 e. The average molecular weight is 263 g/mol. The Kier molecular flexibility index (Phi) is 6.40. The largest absolute Gasteiger partial charge is 0.307 e. The van der Waals surface area contributed by atoms with Gasteiger partial charge in [-0.1, -0.05) is 37.3 Å². The zero-order valence-electron chi connectivity index (χ0n) is 10.6. The number of hydrogen-bond acceptors (Lipinski definition) is 2. The van der Waals surface area contributed by atoms with Crippen LogP contribution in [-0.2, 0) is 19.5 Å². The molecule has 2 aromatic rings. The first kappa shape index (κ1) is 14.7. The van der Waals surface area contributed by atoms with Crippen molar-refractivity contribution in [3.63, 3.8) is 0 Å². The van der Waals surface area contributed by atoms with Gasteiger partial charge in [0.05, 0.1) is 5.69 Å². The number of aromatic nitrogens is 1. The van der Waals surface area contributed by atoms with E-state index in [1.807, 2.05) is 24.4 Å². The van der Waals surface area contributed by atoms with Crippen molar-refractivity contribution in [3.05, 3.63) is 65.5 Å². The van der Waals surface area contributed by atoms with E-state index in [2.05, 4.69) is 41.5 Å².